The third kappa shape index (κ3) is 3.03. The molecule has 0 radical (unpaired) electrons. The summed E-state index contributed by atoms with van der Waals surface area (Å²) in [6.07, 6.45) is 1.88. The molecular formula is C14H21F2N. The van der Waals surface area contributed by atoms with Gasteiger partial charge in [0.1, 0.15) is 11.6 Å². The zero-order chi connectivity index (χ0) is 13.0. The average molecular weight is 241 g/mol. The molecule has 0 aliphatic carbocycles. The molecule has 0 fully saturated rings. The van der Waals surface area contributed by atoms with E-state index in [1.807, 2.05) is 0 Å². The van der Waals surface area contributed by atoms with Gasteiger partial charge in [-0.05, 0) is 37.6 Å². The van der Waals surface area contributed by atoms with Crippen molar-refractivity contribution in [1.29, 1.82) is 0 Å². The van der Waals surface area contributed by atoms with Gasteiger partial charge in [-0.25, -0.2) is 8.78 Å². The molecule has 1 aromatic rings. The lowest BCUT2D eigenvalue weighted by Crippen LogP contribution is -2.25. The van der Waals surface area contributed by atoms with E-state index in [9.17, 15) is 8.78 Å². The van der Waals surface area contributed by atoms with Crippen LogP contribution in [0.5, 0.6) is 0 Å². The maximum atomic E-state index is 13.9. The van der Waals surface area contributed by atoms with Crippen LogP contribution in [0, 0.1) is 24.5 Å². The van der Waals surface area contributed by atoms with Crippen molar-refractivity contribution in [2.45, 2.75) is 39.7 Å². The Morgan fingerprint density at radius 1 is 1.12 bits per heavy atom. The standard InChI is InChI=1S/C14H21F2N/c1-5-10(6-2)14(17-4)11-8-12(15)9(3)7-13(11)16/h7-8,10,14,17H,5-6H2,1-4H3. The van der Waals surface area contributed by atoms with Crippen molar-refractivity contribution < 1.29 is 8.78 Å². The molecule has 0 amide bonds. The highest BCUT2D eigenvalue weighted by molar-refractivity contribution is 5.28. The molecule has 1 atom stereocenters. The Hall–Kier alpha value is -0.960. The van der Waals surface area contributed by atoms with Crippen LogP contribution in [0.1, 0.15) is 43.9 Å². The van der Waals surface area contributed by atoms with Crippen LogP contribution in [0.25, 0.3) is 0 Å². The molecule has 3 heteroatoms. The molecule has 0 heterocycles. The maximum absolute atomic E-state index is 13.9. The molecule has 1 rings (SSSR count). The van der Waals surface area contributed by atoms with Crippen molar-refractivity contribution >= 4 is 0 Å². The number of rotatable bonds is 5. The zero-order valence-electron chi connectivity index (χ0n) is 11.0. The predicted molar refractivity (Wildman–Crippen MR) is 67.0 cm³/mol. The molecule has 1 nitrogen and oxygen atoms in total. The molecule has 0 spiro atoms. The molecule has 0 aromatic heterocycles. The first-order valence-corrected chi connectivity index (χ1v) is 6.17. The minimum atomic E-state index is -0.340. The van der Waals surface area contributed by atoms with Gasteiger partial charge >= 0.3 is 0 Å². The Balaban J connectivity index is 3.15. The van der Waals surface area contributed by atoms with E-state index >= 15 is 0 Å². The van der Waals surface area contributed by atoms with Gasteiger partial charge in [0.25, 0.3) is 0 Å². The van der Waals surface area contributed by atoms with Crippen LogP contribution in [0.3, 0.4) is 0 Å². The fourth-order valence-electron chi connectivity index (χ4n) is 2.31. The maximum Gasteiger partial charge on any atom is 0.128 e. The van der Waals surface area contributed by atoms with Gasteiger partial charge < -0.3 is 5.32 Å². The van der Waals surface area contributed by atoms with Crippen molar-refractivity contribution in [2.24, 2.45) is 5.92 Å². The lowest BCUT2D eigenvalue weighted by Gasteiger charge is -2.26. The van der Waals surface area contributed by atoms with Crippen molar-refractivity contribution in [3.05, 3.63) is 34.9 Å². The van der Waals surface area contributed by atoms with Gasteiger partial charge in [-0.2, -0.15) is 0 Å². The van der Waals surface area contributed by atoms with Crippen molar-refractivity contribution in [3.63, 3.8) is 0 Å². The minimum Gasteiger partial charge on any atom is -0.313 e. The summed E-state index contributed by atoms with van der Waals surface area (Å²) in [7, 11) is 1.79. The van der Waals surface area contributed by atoms with Gasteiger partial charge in [0, 0.05) is 11.6 Å². The van der Waals surface area contributed by atoms with Crippen molar-refractivity contribution in [2.75, 3.05) is 7.05 Å². The van der Waals surface area contributed by atoms with Crippen LogP contribution >= 0.6 is 0 Å². The fourth-order valence-corrected chi connectivity index (χ4v) is 2.31. The van der Waals surface area contributed by atoms with Crippen LogP contribution in [0.4, 0.5) is 8.78 Å². The summed E-state index contributed by atoms with van der Waals surface area (Å²) >= 11 is 0. The van der Waals surface area contributed by atoms with E-state index in [0.29, 0.717) is 17.0 Å². The SMILES string of the molecule is CCC(CC)C(NC)c1cc(F)c(C)cc1F. The number of nitrogens with one attached hydrogen (secondary N) is 1. The summed E-state index contributed by atoms with van der Waals surface area (Å²) < 4.78 is 27.4. The number of benzene rings is 1. The summed E-state index contributed by atoms with van der Waals surface area (Å²) in [5.41, 5.74) is 0.787. The molecule has 0 bridgehead atoms. The van der Waals surface area contributed by atoms with E-state index < -0.39 is 0 Å². The van der Waals surface area contributed by atoms with Gasteiger partial charge in [0.15, 0.2) is 0 Å². The Bertz CT molecular complexity index is 373. The predicted octanol–water partition coefficient (Wildman–Crippen LogP) is 3.97. The first-order chi connectivity index (χ1) is 8.04. The van der Waals surface area contributed by atoms with Crippen molar-refractivity contribution in [1.82, 2.24) is 5.32 Å². The van der Waals surface area contributed by atoms with Gasteiger partial charge in [-0.3, -0.25) is 0 Å². The van der Waals surface area contributed by atoms with Gasteiger partial charge in [0.2, 0.25) is 0 Å². The Morgan fingerprint density at radius 2 is 1.71 bits per heavy atom. The lowest BCUT2D eigenvalue weighted by molar-refractivity contribution is 0.348. The quantitative estimate of drug-likeness (QED) is 0.822. The molecule has 0 aliphatic heterocycles. The summed E-state index contributed by atoms with van der Waals surface area (Å²) in [5.74, 6) is -0.348. The third-order valence-electron chi connectivity index (χ3n) is 3.44. The second-order valence-electron chi connectivity index (χ2n) is 4.47. The lowest BCUT2D eigenvalue weighted by atomic mass is 9.88. The molecule has 1 N–H and O–H groups in total. The second-order valence-corrected chi connectivity index (χ2v) is 4.47. The van der Waals surface area contributed by atoms with Crippen LogP contribution in [0.2, 0.25) is 0 Å². The normalized spacial score (nSPS) is 13.1. The monoisotopic (exact) mass is 241 g/mol. The molecular weight excluding hydrogens is 220 g/mol. The molecule has 0 saturated heterocycles. The number of hydrogen-bond acceptors (Lipinski definition) is 1. The highest BCUT2D eigenvalue weighted by Gasteiger charge is 2.22. The molecule has 96 valence electrons. The van der Waals surface area contributed by atoms with Gasteiger partial charge in [-0.15, -0.1) is 0 Å². The number of halogens is 2. The molecule has 1 unspecified atom stereocenters. The summed E-state index contributed by atoms with van der Waals surface area (Å²) in [6.45, 7) is 5.72. The first-order valence-electron chi connectivity index (χ1n) is 6.17. The first kappa shape index (κ1) is 14.1. The summed E-state index contributed by atoms with van der Waals surface area (Å²) in [4.78, 5) is 0. The smallest absolute Gasteiger partial charge is 0.128 e. The van der Waals surface area contributed by atoms with E-state index in [1.54, 1.807) is 14.0 Å². The Kier molecular flexibility index (Phi) is 5.06. The minimum absolute atomic E-state index is 0.125. The Labute approximate surface area is 102 Å². The van der Waals surface area contributed by atoms with Gasteiger partial charge in [-0.1, -0.05) is 26.7 Å². The molecule has 0 aliphatic rings. The number of hydrogen-bond donors (Lipinski definition) is 1. The highest BCUT2D eigenvalue weighted by atomic mass is 19.1. The van der Waals surface area contributed by atoms with Crippen LogP contribution in [0.15, 0.2) is 12.1 Å². The zero-order valence-corrected chi connectivity index (χ0v) is 11.0. The van der Waals surface area contributed by atoms with Crippen molar-refractivity contribution in [3.8, 4) is 0 Å². The molecule has 1 aromatic carbocycles. The number of aryl methyl sites for hydroxylation is 1. The molecule has 0 saturated carbocycles. The van der Waals surface area contributed by atoms with E-state index in [0.717, 1.165) is 12.8 Å². The average Bonchev–Trinajstić information content (AvgIpc) is 2.31. The van der Waals surface area contributed by atoms with E-state index in [4.69, 9.17) is 0 Å². The largest absolute Gasteiger partial charge is 0.313 e. The molecule has 17 heavy (non-hydrogen) atoms. The van der Waals surface area contributed by atoms with Crippen LogP contribution < -0.4 is 5.32 Å². The van der Waals surface area contributed by atoms with Crippen LogP contribution in [-0.2, 0) is 0 Å². The fraction of sp³-hybridized carbons (Fsp3) is 0.571. The van der Waals surface area contributed by atoms with Crippen LogP contribution in [-0.4, -0.2) is 7.05 Å². The van der Waals surface area contributed by atoms with Gasteiger partial charge in [0.05, 0.1) is 0 Å². The Morgan fingerprint density at radius 3 is 2.18 bits per heavy atom. The highest BCUT2D eigenvalue weighted by Crippen LogP contribution is 2.30. The second kappa shape index (κ2) is 6.10. The summed E-state index contributed by atoms with van der Waals surface area (Å²) in [6, 6.07) is 2.47. The van der Waals surface area contributed by atoms with E-state index in [2.05, 4.69) is 19.2 Å². The summed E-state index contributed by atoms with van der Waals surface area (Å²) in [5, 5.41) is 3.10. The third-order valence-corrected chi connectivity index (χ3v) is 3.44. The van der Waals surface area contributed by atoms with E-state index in [-0.39, 0.29) is 17.7 Å². The topological polar surface area (TPSA) is 12.0 Å². The van der Waals surface area contributed by atoms with E-state index in [1.165, 1.54) is 12.1 Å².